The third-order valence-corrected chi connectivity index (χ3v) is 8.06. The summed E-state index contributed by atoms with van der Waals surface area (Å²) < 4.78 is 13.3. The number of rotatable bonds is 5. The van der Waals surface area contributed by atoms with Crippen LogP contribution in [0.4, 0.5) is 0 Å². The first-order valence-electron chi connectivity index (χ1n) is 10.9. The van der Waals surface area contributed by atoms with Crippen LogP contribution in [0.5, 0.6) is 0 Å². The molecule has 3 aliphatic rings. The number of aliphatic hydroxyl groups is 2. The molecule has 0 amide bonds. The maximum absolute atomic E-state index is 11.5. The van der Waals surface area contributed by atoms with Crippen molar-refractivity contribution in [3.63, 3.8) is 0 Å². The fraction of sp³-hybridized carbons (Fsp3) is 0.360. The number of dihydropyridines is 1. The topological polar surface area (TPSA) is 97.0 Å². The number of hydrogen-bond donors (Lipinski definition) is 4. The highest BCUT2D eigenvalue weighted by atomic mass is 79.9. The van der Waals surface area contributed by atoms with Crippen LogP contribution in [0.1, 0.15) is 17.0 Å². The Labute approximate surface area is 206 Å². The number of methoxy groups -OCH3 is 1. The van der Waals surface area contributed by atoms with Gasteiger partial charge in [-0.3, -0.25) is 0 Å². The molecule has 8 heteroatoms. The van der Waals surface area contributed by atoms with Gasteiger partial charge in [0.05, 0.1) is 5.57 Å². The molecular formula is C25H26BrClN2O4. The number of fused-ring (bicyclic) bond motifs is 2. The number of hydrogen-bond acceptors (Lipinski definition) is 6. The summed E-state index contributed by atoms with van der Waals surface area (Å²) in [4.78, 5) is 0. The van der Waals surface area contributed by atoms with Gasteiger partial charge in [0.2, 0.25) is 0 Å². The lowest BCUT2D eigenvalue weighted by Gasteiger charge is -2.39. The second-order valence-electron chi connectivity index (χ2n) is 8.76. The number of ether oxygens (including phenoxy) is 2. The lowest BCUT2D eigenvalue weighted by Crippen LogP contribution is -2.52. The Morgan fingerprint density at radius 3 is 2.42 bits per heavy atom. The van der Waals surface area contributed by atoms with Crippen LogP contribution in [0.2, 0.25) is 0 Å². The first-order chi connectivity index (χ1) is 15.9. The normalized spacial score (nSPS) is 34.9. The lowest BCUT2D eigenvalue weighted by molar-refractivity contribution is -0.179. The Bertz CT molecular complexity index is 1110. The quantitative estimate of drug-likeness (QED) is 0.347. The van der Waals surface area contributed by atoms with E-state index in [-0.39, 0.29) is 35.4 Å². The van der Waals surface area contributed by atoms with Crippen LogP contribution in [-0.4, -0.2) is 36.4 Å². The molecule has 0 saturated heterocycles. The molecule has 6 nitrogen and oxygen atoms in total. The first-order valence-corrected chi connectivity index (χ1v) is 12.0. The van der Waals surface area contributed by atoms with Gasteiger partial charge in [-0.15, -0.1) is 0 Å². The number of nitrogens with two attached hydrogens (primary N) is 1. The Kier molecular flexibility index (Phi) is 5.84. The van der Waals surface area contributed by atoms with Crippen LogP contribution in [0.3, 0.4) is 0 Å². The van der Waals surface area contributed by atoms with Gasteiger partial charge in [0.15, 0.2) is 0 Å². The molecule has 33 heavy (non-hydrogen) atoms. The van der Waals surface area contributed by atoms with Crippen LogP contribution in [-0.2, 0) is 15.1 Å². The number of halogens is 2. The second-order valence-corrected chi connectivity index (χ2v) is 10.1. The minimum absolute atomic E-state index is 0.0718. The van der Waals surface area contributed by atoms with Crippen molar-refractivity contribution in [1.82, 2.24) is 5.32 Å². The predicted octanol–water partition coefficient (Wildman–Crippen LogP) is 3.50. The molecule has 0 spiro atoms. The van der Waals surface area contributed by atoms with E-state index in [1.807, 2.05) is 54.6 Å². The largest absolute Gasteiger partial charge is 0.481 e. The van der Waals surface area contributed by atoms with E-state index in [2.05, 4.69) is 21.2 Å². The van der Waals surface area contributed by atoms with E-state index < -0.39 is 11.5 Å². The molecule has 2 aromatic rings. The van der Waals surface area contributed by atoms with E-state index in [1.165, 1.54) is 7.11 Å². The summed E-state index contributed by atoms with van der Waals surface area (Å²) in [6.45, 7) is 0.229. The van der Waals surface area contributed by atoms with Crippen LogP contribution >= 0.6 is 27.5 Å². The molecule has 174 valence electrons. The van der Waals surface area contributed by atoms with Gasteiger partial charge in [-0.2, -0.15) is 0 Å². The van der Waals surface area contributed by atoms with Crippen molar-refractivity contribution in [2.75, 3.05) is 20.3 Å². The minimum atomic E-state index is -1.86. The fourth-order valence-electron chi connectivity index (χ4n) is 6.13. The van der Waals surface area contributed by atoms with Crippen molar-refractivity contribution in [2.24, 2.45) is 23.5 Å². The van der Waals surface area contributed by atoms with Crippen molar-refractivity contribution in [2.45, 2.75) is 17.4 Å². The van der Waals surface area contributed by atoms with Crippen molar-refractivity contribution >= 4 is 27.5 Å². The van der Waals surface area contributed by atoms with Gasteiger partial charge in [-0.1, -0.05) is 70.0 Å². The van der Waals surface area contributed by atoms with Gasteiger partial charge < -0.3 is 30.7 Å². The zero-order valence-corrected chi connectivity index (χ0v) is 20.4. The van der Waals surface area contributed by atoms with E-state index in [0.29, 0.717) is 17.9 Å². The third kappa shape index (κ3) is 3.29. The summed E-state index contributed by atoms with van der Waals surface area (Å²) in [5.74, 6) is -2.40. The third-order valence-electron chi connectivity index (χ3n) is 7.33. The van der Waals surface area contributed by atoms with E-state index in [4.69, 9.17) is 26.8 Å². The van der Waals surface area contributed by atoms with Crippen LogP contribution in [0.15, 0.2) is 81.6 Å². The zero-order valence-electron chi connectivity index (χ0n) is 18.0. The Balaban J connectivity index is 1.81. The highest BCUT2D eigenvalue weighted by molar-refractivity contribution is 9.10. The summed E-state index contributed by atoms with van der Waals surface area (Å²) in [6.07, 6.45) is 1.67. The van der Waals surface area contributed by atoms with Gasteiger partial charge in [-0.05, 0) is 41.6 Å². The summed E-state index contributed by atoms with van der Waals surface area (Å²) in [5, 5.41) is 25.2. The number of nitrogens with one attached hydrogen (secondary N) is 1. The van der Waals surface area contributed by atoms with E-state index in [1.54, 1.807) is 6.08 Å². The smallest absolute Gasteiger partial charge is 0.275 e. The van der Waals surface area contributed by atoms with Gasteiger partial charge in [-0.25, -0.2) is 0 Å². The van der Waals surface area contributed by atoms with Crippen LogP contribution in [0.25, 0.3) is 0 Å². The molecule has 1 fully saturated rings. The summed E-state index contributed by atoms with van der Waals surface area (Å²) in [5.41, 5.74) is 7.93. The Morgan fingerprint density at radius 2 is 1.82 bits per heavy atom. The Morgan fingerprint density at radius 1 is 1.12 bits per heavy atom. The van der Waals surface area contributed by atoms with Crippen molar-refractivity contribution < 1.29 is 19.7 Å². The maximum Gasteiger partial charge on any atom is 0.275 e. The molecule has 2 aromatic carbocycles. The standard InChI is InChI=1S/C25H26BrClN2O4/c1-32-25(31)23-19(11-20(27)29-25)33-24(15-7-9-16(26)10-8-15)21(14-5-3-2-4-6-14)18(13-30)17(12-28)22(23)24/h2-11,17-18,21-22,29-31H,12-13,28H2,1H3. The van der Waals surface area contributed by atoms with Crippen LogP contribution in [0, 0.1) is 17.8 Å². The molecule has 5 N–H and O–H groups in total. The molecule has 6 unspecified atom stereocenters. The minimum Gasteiger partial charge on any atom is -0.481 e. The number of benzene rings is 2. The summed E-state index contributed by atoms with van der Waals surface area (Å²) >= 11 is 9.85. The highest BCUT2D eigenvalue weighted by Gasteiger charge is 2.70. The molecule has 1 aliphatic carbocycles. The zero-order chi connectivity index (χ0) is 23.4. The van der Waals surface area contributed by atoms with Crippen molar-refractivity contribution in [3.05, 3.63) is 92.8 Å². The second kappa shape index (κ2) is 8.41. The molecule has 5 rings (SSSR count). The predicted molar refractivity (Wildman–Crippen MR) is 129 cm³/mol. The molecule has 0 aromatic heterocycles. The molecule has 1 saturated carbocycles. The highest BCUT2D eigenvalue weighted by Crippen LogP contribution is 2.68. The van der Waals surface area contributed by atoms with Gasteiger partial charge in [0, 0.05) is 36.1 Å². The molecular weight excluding hydrogens is 508 g/mol. The van der Waals surface area contributed by atoms with Gasteiger partial charge >= 0.3 is 0 Å². The average molecular weight is 534 g/mol. The number of allylic oxidation sites excluding steroid dienone is 1. The number of aliphatic hydroxyl groups excluding tert-OH is 1. The SMILES string of the molecule is COC1(O)NC(Cl)=CC2=C1C1C(CN)C(CO)C(c3ccccc3)C1(c1ccc(Br)cc1)O2. The molecule has 6 atom stereocenters. The van der Waals surface area contributed by atoms with Gasteiger partial charge in [0.25, 0.3) is 5.91 Å². The van der Waals surface area contributed by atoms with E-state index in [9.17, 15) is 10.2 Å². The fourth-order valence-corrected chi connectivity index (χ4v) is 6.62. The summed E-state index contributed by atoms with van der Waals surface area (Å²) in [7, 11) is 1.41. The molecule has 0 bridgehead atoms. The Hall–Kier alpha value is -1.87. The molecule has 0 radical (unpaired) electrons. The van der Waals surface area contributed by atoms with Crippen LogP contribution < -0.4 is 11.1 Å². The van der Waals surface area contributed by atoms with E-state index >= 15 is 0 Å². The monoisotopic (exact) mass is 532 g/mol. The van der Waals surface area contributed by atoms with Crippen molar-refractivity contribution in [1.29, 1.82) is 0 Å². The molecule has 2 heterocycles. The first kappa shape index (κ1) is 22.9. The lowest BCUT2D eigenvalue weighted by atomic mass is 9.71. The van der Waals surface area contributed by atoms with E-state index in [0.717, 1.165) is 15.6 Å². The van der Waals surface area contributed by atoms with Gasteiger partial charge in [0.1, 0.15) is 16.5 Å². The molecule has 2 aliphatic heterocycles. The summed E-state index contributed by atoms with van der Waals surface area (Å²) in [6, 6.07) is 18.0. The average Bonchev–Trinajstić information content (AvgIpc) is 3.29. The maximum atomic E-state index is 11.5. The van der Waals surface area contributed by atoms with Crippen molar-refractivity contribution in [3.8, 4) is 0 Å².